The second-order valence-corrected chi connectivity index (χ2v) is 3.60. The van der Waals surface area contributed by atoms with Crippen LogP contribution < -0.4 is 0 Å². The van der Waals surface area contributed by atoms with Crippen LogP contribution in [0.1, 0.15) is 32.6 Å². The quantitative estimate of drug-likeness (QED) is 0.480. The van der Waals surface area contributed by atoms with E-state index >= 15 is 0 Å². The molecule has 0 heterocycles. The standard InChI is InChI=1S/C7H16BrN/c1-3-4-5-6-7-9(2)8/h3-7H2,1-2H3. The summed E-state index contributed by atoms with van der Waals surface area (Å²) in [4.78, 5) is 0. The van der Waals surface area contributed by atoms with Crippen molar-refractivity contribution in [3.05, 3.63) is 0 Å². The van der Waals surface area contributed by atoms with E-state index in [0.717, 1.165) is 0 Å². The molecule has 2 heteroatoms. The second kappa shape index (κ2) is 6.56. The molecule has 0 rings (SSSR count). The molecule has 56 valence electrons. The van der Waals surface area contributed by atoms with Gasteiger partial charge in [-0.25, -0.2) is 3.93 Å². The molecule has 9 heavy (non-hydrogen) atoms. The van der Waals surface area contributed by atoms with Crippen LogP contribution in [-0.4, -0.2) is 17.5 Å². The Hall–Kier alpha value is 0.440. The van der Waals surface area contributed by atoms with Crippen LogP contribution in [-0.2, 0) is 0 Å². The van der Waals surface area contributed by atoms with Crippen LogP contribution in [0, 0.1) is 0 Å². The number of hydrogen-bond donors (Lipinski definition) is 0. The summed E-state index contributed by atoms with van der Waals surface area (Å²) in [6.45, 7) is 3.40. The van der Waals surface area contributed by atoms with Gasteiger partial charge >= 0.3 is 0 Å². The monoisotopic (exact) mass is 193 g/mol. The molecule has 0 amide bonds. The summed E-state index contributed by atoms with van der Waals surface area (Å²) in [5, 5.41) is 0. The van der Waals surface area contributed by atoms with Gasteiger partial charge < -0.3 is 0 Å². The summed E-state index contributed by atoms with van der Waals surface area (Å²) in [5.41, 5.74) is 0. The molecule has 0 aliphatic heterocycles. The van der Waals surface area contributed by atoms with Crippen LogP contribution >= 0.6 is 16.1 Å². The van der Waals surface area contributed by atoms with Crippen molar-refractivity contribution in [3.63, 3.8) is 0 Å². The van der Waals surface area contributed by atoms with Crippen LogP contribution in [0.5, 0.6) is 0 Å². The van der Waals surface area contributed by atoms with Crippen molar-refractivity contribution in [3.8, 4) is 0 Å². The Balaban J connectivity index is 2.75. The summed E-state index contributed by atoms with van der Waals surface area (Å²) in [7, 11) is 2.05. The lowest BCUT2D eigenvalue weighted by molar-refractivity contribution is 0.530. The Morgan fingerprint density at radius 2 is 1.89 bits per heavy atom. The molecule has 0 spiro atoms. The first-order chi connectivity index (χ1) is 4.27. The molecule has 0 fully saturated rings. The lowest BCUT2D eigenvalue weighted by Gasteiger charge is -2.04. The van der Waals surface area contributed by atoms with Crippen molar-refractivity contribution in [1.82, 2.24) is 3.93 Å². The average molecular weight is 194 g/mol. The van der Waals surface area contributed by atoms with Crippen LogP contribution in [0.4, 0.5) is 0 Å². The highest BCUT2D eigenvalue weighted by atomic mass is 79.9. The topological polar surface area (TPSA) is 3.24 Å². The Morgan fingerprint density at radius 1 is 1.22 bits per heavy atom. The summed E-state index contributed by atoms with van der Waals surface area (Å²) in [6, 6.07) is 0. The normalized spacial score (nSPS) is 10.7. The summed E-state index contributed by atoms with van der Waals surface area (Å²) in [5.74, 6) is 0. The number of hydrogen-bond acceptors (Lipinski definition) is 1. The van der Waals surface area contributed by atoms with E-state index in [1.807, 2.05) is 7.05 Å². The zero-order chi connectivity index (χ0) is 7.11. The predicted octanol–water partition coefficient (Wildman–Crippen LogP) is 2.81. The van der Waals surface area contributed by atoms with Gasteiger partial charge in [-0.05, 0) is 13.5 Å². The van der Waals surface area contributed by atoms with Gasteiger partial charge in [-0.2, -0.15) is 0 Å². The molecule has 0 aromatic rings. The third-order valence-electron chi connectivity index (χ3n) is 1.32. The molecule has 0 saturated carbocycles. The number of rotatable bonds is 5. The molecule has 0 unspecified atom stereocenters. The minimum atomic E-state index is 1.17. The van der Waals surface area contributed by atoms with E-state index in [0.29, 0.717) is 0 Å². The van der Waals surface area contributed by atoms with E-state index < -0.39 is 0 Å². The molecule has 0 aliphatic carbocycles. The van der Waals surface area contributed by atoms with E-state index in [1.165, 1.54) is 32.2 Å². The fraction of sp³-hybridized carbons (Fsp3) is 1.00. The van der Waals surface area contributed by atoms with Gasteiger partial charge in [-0.1, -0.05) is 26.2 Å². The van der Waals surface area contributed by atoms with Gasteiger partial charge in [0.05, 0.1) is 0 Å². The second-order valence-electron chi connectivity index (χ2n) is 2.39. The van der Waals surface area contributed by atoms with E-state index in [2.05, 4.69) is 27.0 Å². The summed E-state index contributed by atoms with van der Waals surface area (Å²) >= 11 is 3.36. The van der Waals surface area contributed by atoms with Crippen molar-refractivity contribution >= 4 is 16.1 Å². The van der Waals surface area contributed by atoms with E-state index in [4.69, 9.17) is 0 Å². The van der Waals surface area contributed by atoms with Crippen molar-refractivity contribution < 1.29 is 0 Å². The van der Waals surface area contributed by atoms with Gasteiger partial charge in [0.25, 0.3) is 0 Å². The van der Waals surface area contributed by atoms with Crippen LogP contribution in [0.2, 0.25) is 0 Å². The third kappa shape index (κ3) is 8.44. The third-order valence-corrected chi connectivity index (χ3v) is 1.67. The van der Waals surface area contributed by atoms with Gasteiger partial charge in [0.2, 0.25) is 0 Å². The van der Waals surface area contributed by atoms with Gasteiger partial charge in [-0.15, -0.1) is 0 Å². The van der Waals surface area contributed by atoms with E-state index in [9.17, 15) is 0 Å². The van der Waals surface area contributed by atoms with Gasteiger partial charge in [0, 0.05) is 22.7 Å². The molecule has 0 aromatic heterocycles. The fourth-order valence-corrected chi connectivity index (χ4v) is 1.01. The van der Waals surface area contributed by atoms with E-state index in [-0.39, 0.29) is 0 Å². The van der Waals surface area contributed by atoms with Crippen molar-refractivity contribution in [2.45, 2.75) is 32.6 Å². The molecule has 0 aliphatic rings. The highest BCUT2D eigenvalue weighted by Crippen LogP contribution is 2.01. The fourth-order valence-electron chi connectivity index (χ4n) is 0.756. The molecule has 0 aromatic carbocycles. The van der Waals surface area contributed by atoms with Crippen molar-refractivity contribution in [2.75, 3.05) is 13.6 Å². The van der Waals surface area contributed by atoms with Crippen LogP contribution in [0.15, 0.2) is 0 Å². The minimum absolute atomic E-state index is 1.17. The van der Waals surface area contributed by atoms with E-state index in [1.54, 1.807) is 0 Å². The lowest BCUT2D eigenvalue weighted by atomic mass is 10.2. The molecule has 0 N–H and O–H groups in total. The maximum atomic E-state index is 3.36. The molecule has 0 saturated heterocycles. The average Bonchev–Trinajstić information content (AvgIpc) is 1.80. The van der Waals surface area contributed by atoms with Crippen LogP contribution in [0.3, 0.4) is 0 Å². The Bertz CT molecular complexity index is 54.9. The highest BCUT2D eigenvalue weighted by molar-refractivity contribution is 9.07. The summed E-state index contributed by atoms with van der Waals surface area (Å²) in [6.07, 6.45) is 5.38. The van der Waals surface area contributed by atoms with Crippen LogP contribution in [0.25, 0.3) is 0 Å². The Labute approximate surface area is 66.8 Å². The zero-order valence-corrected chi connectivity index (χ0v) is 7.95. The number of nitrogens with zero attached hydrogens (tertiary/aromatic N) is 1. The smallest absolute Gasteiger partial charge is 0.0117 e. The first-order valence-corrected chi connectivity index (χ1v) is 4.35. The summed E-state index contributed by atoms with van der Waals surface area (Å²) < 4.78 is 2.06. The predicted molar refractivity (Wildman–Crippen MR) is 45.7 cm³/mol. The first kappa shape index (κ1) is 9.44. The molecular weight excluding hydrogens is 178 g/mol. The Morgan fingerprint density at radius 3 is 2.33 bits per heavy atom. The largest absolute Gasteiger partial charge is 0.245 e. The molecule has 0 bridgehead atoms. The van der Waals surface area contributed by atoms with Crippen molar-refractivity contribution in [2.24, 2.45) is 0 Å². The number of unbranched alkanes of at least 4 members (excludes halogenated alkanes) is 3. The SMILES string of the molecule is CCCCCCN(C)Br. The maximum Gasteiger partial charge on any atom is 0.0117 e. The molecule has 1 nitrogen and oxygen atoms in total. The first-order valence-electron chi connectivity index (χ1n) is 3.64. The minimum Gasteiger partial charge on any atom is -0.245 e. The number of halogens is 1. The lowest BCUT2D eigenvalue weighted by Crippen LogP contribution is -2.04. The maximum absolute atomic E-state index is 3.36. The molecule has 0 atom stereocenters. The highest BCUT2D eigenvalue weighted by Gasteiger charge is 1.89. The van der Waals surface area contributed by atoms with Gasteiger partial charge in [-0.3, -0.25) is 0 Å². The Kier molecular flexibility index (Phi) is 6.88. The zero-order valence-electron chi connectivity index (χ0n) is 6.36. The van der Waals surface area contributed by atoms with Gasteiger partial charge in [0.15, 0.2) is 0 Å². The van der Waals surface area contributed by atoms with Gasteiger partial charge in [0.1, 0.15) is 0 Å². The van der Waals surface area contributed by atoms with Crippen molar-refractivity contribution in [1.29, 1.82) is 0 Å². The molecule has 0 radical (unpaired) electrons. The molecular formula is C7H16BrN.